The molecule has 1 aromatic carbocycles. The molecule has 0 saturated carbocycles. The van der Waals surface area contributed by atoms with Gasteiger partial charge in [0.2, 0.25) is 0 Å². The fourth-order valence-corrected chi connectivity index (χ4v) is 1.50. The SMILES string of the molecule is FC(F)C(F)(F)CSc1[c]cccc1. The molecule has 1 radical (unpaired) electrons. The molecular formula is C9H7F4S. The Balaban J connectivity index is 2.49. The molecule has 0 aliphatic heterocycles. The monoisotopic (exact) mass is 223 g/mol. The zero-order chi connectivity index (χ0) is 10.6. The second kappa shape index (κ2) is 4.68. The van der Waals surface area contributed by atoms with E-state index >= 15 is 0 Å². The minimum atomic E-state index is -3.94. The van der Waals surface area contributed by atoms with Gasteiger partial charge in [0.25, 0.3) is 0 Å². The molecule has 0 heterocycles. The summed E-state index contributed by atoms with van der Waals surface area (Å²) in [4.78, 5) is 0.438. The summed E-state index contributed by atoms with van der Waals surface area (Å²) in [6, 6.07) is 9.07. The van der Waals surface area contributed by atoms with Gasteiger partial charge in [0.1, 0.15) is 0 Å². The second-order valence-electron chi connectivity index (χ2n) is 2.58. The van der Waals surface area contributed by atoms with Crippen molar-refractivity contribution < 1.29 is 17.6 Å². The van der Waals surface area contributed by atoms with Gasteiger partial charge in [-0.3, -0.25) is 0 Å². The van der Waals surface area contributed by atoms with E-state index in [-0.39, 0.29) is 0 Å². The van der Waals surface area contributed by atoms with Crippen molar-refractivity contribution in [3.8, 4) is 0 Å². The van der Waals surface area contributed by atoms with Gasteiger partial charge in [-0.25, -0.2) is 8.78 Å². The maximum Gasteiger partial charge on any atom is 0.316 e. The molecule has 0 fully saturated rings. The molecule has 1 aromatic rings. The molecule has 0 bridgehead atoms. The van der Waals surface area contributed by atoms with Gasteiger partial charge in [-0.05, 0) is 12.1 Å². The van der Waals surface area contributed by atoms with Crippen LogP contribution in [0.4, 0.5) is 17.6 Å². The summed E-state index contributed by atoms with van der Waals surface area (Å²) in [5.41, 5.74) is 0. The topological polar surface area (TPSA) is 0 Å². The fourth-order valence-electron chi connectivity index (χ4n) is 0.704. The first-order valence-electron chi connectivity index (χ1n) is 3.78. The molecule has 77 valence electrons. The van der Waals surface area contributed by atoms with Gasteiger partial charge in [-0.2, -0.15) is 8.78 Å². The molecule has 0 aromatic heterocycles. The number of hydrogen-bond donors (Lipinski definition) is 0. The molecule has 0 N–H and O–H groups in total. The van der Waals surface area contributed by atoms with Crippen LogP contribution in [-0.2, 0) is 0 Å². The van der Waals surface area contributed by atoms with Crippen LogP contribution in [0.5, 0.6) is 0 Å². The summed E-state index contributed by atoms with van der Waals surface area (Å²) in [5, 5.41) is 0. The zero-order valence-corrected chi connectivity index (χ0v) is 7.83. The van der Waals surface area contributed by atoms with Crippen LogP contribution in [0.15, 0.2) is 29.2 Å². The summed E-state index contributed by atoms with van der Waals surface area (Å²) in [6.45, 7) is 0. The lowest BCUT2D eigenvalue weighted by molar-refractivity contribution is -0.109. The van der Waals surface area contributed by atoms with E-state index in [2.05, 4.69) is 6.07 Å². The number of alkyl halides is 4. The first kappa shape index (κ1) is 11.4. The van der Waals surface area contributed by atoms with Crippen molar-refractivity contribution in [2.24, 2.45) is 0 Å². The zero-order valence-electron chi connectivity index (χ0n) is 7.01. The van der Waals surface area contributed by atoms with E-state index in [1.54, 1.807) is 24.3 Å². The second-order valence-corrected chi connectivity index (χ2v) is 3.59. The molecule has 1 rings (SSSR count). The average Bonchev–Trinajstić information content (AvgIpc) is 2.16. The van der Waals surface area contributed by atoms with Gasteiger partial charge < -0.3 is 0 Å². The Bertz CT molecular complexity index is 273. The highest BCUT2D eigenvalue weighted by Crippen LogP contribution is 2.30. The summed E-state index contributed by atoms with van der Waals surface area (Å²) in [7, 11) is 0. The maximum absolute atomic E-state index is 12.4. The van der Waals surface area contributed by atoms with Crippen LogP contribution >= 0.6 is 11.8 Å². The smallest absolute Gasteiger partial charge is 0.204 e. The van der Waals surface area contributed by atoms with Gasteiger partial charge in [-0.15, -0.1) is 11.8 Å². The predicted molar refractivity (Wildman–Crippen MR) is 47.0 cm³/mol. The predicted octanol–water partition coefficient (Wildman–Crippen LogP) is 3.48. The molecule has 0 aliphatic carbocycles. The molecule has 0 unspecified atom stereocenters. The van der Waals surface area contributed by atoms with Crippen molar-refractivity contribution in [1.29, 1.82) is 0 Å². The number of thioether (sulfide) groups is 1. The largest absolute Gasteiger partial charge is 0.316 e. The molecule has 0 aliphatic rings. The van der Waals surface area contributed by atoms with E-state index in [4.69, 9.17) is 0 Å². The maximum atomic E-state index is 12.4. The Morgan fingerprint density at radius 3 is 2.57 bits per heavy atom. The van der Waals surface area contributed by atoms with Crippen LogP contribution in [-0.4, -0.2) is 18.1 Å². The lowest BCUT2D eigenvalue weighted by atomic mass is 10.4. The lowest BCUT2D eigenvalue weighted by Crippen LogP contribution is -2.29. The molecule has 0 amide bonds. The third kappa shape index (κ3) is 3.21. The van der Waals surface area contributed by atoms with Crippen molar-refractivity contribution in [3.05, 3.63) is 30.3 Å². The Morgan fingerprint density at radius 2 is 2.07 bits per heavy atom. The third-order valence-electron chi connectivity index (χ3n) is 1.42. The Labute approximate surface area is 83.3 Å². The molecule has 0 nitrogen and oxygen atoms in total. The normalized spacial score (nSPS) is 12.1. The lowest BCUT2D eigenvalue weighted by Gasteiger charge is -2.13. The van der Waals surface area contributed by atoms with Crippen LogP contribution in [0.2, 0.25) is 0 Å². The van der Waals surface area contributed by atoms with Crippen molar-refractivity contribution in [2.75, 3.05) is 5.75 Å². The molecule has 0 saturated heterocycles. The van der Waals surface area contributed by atoms with E-state index in [9.17, 15) is 17.6 Å². The van der Waals surface area contributed by atoms with Crippen molar-refractivity contribution in [2.45, 2.75) is 17.2 Å². The summed E-state index contributed by atoms with van der Waals surface area (Å²) in [5.74, 6) is -4.86. The quantitative estimate of drug-likeness (QED) is 0.556. The van der Waals surface area contributed by atoms with Gasteiger partial charge in [-0.1, -0.05) is 18.2 Å². The first-order chi connectivity index (χ1) is 6.52. The fraction of sp³-hybridized carbons (Fsp3) is 0.333. The Hall–Kier alpha value is -0.710. The molecule has 0 atom stereocenters. The van der Waals surface area contributed by atoms with Crippen LogP contribution < -0.4 is 0 Å². The number of hydrogen-bond acceptors (Lipinski definition) is 1. The summed E-state index contributed by atoms with van der Waals surface area (Å²) in [6.07, 6.45) is -3.61. The average molecular weight is 223 g/mol. The summed E-state index contributed by atoms with van der Waals surface area (Å²) >= 11 is 0.670. The van der Waals surface area contributed by atoms with Crippen LogP contribution in [0, 0.1) is 6.07 Å². The van der Waals surface area contributed by atoms with Gasteiger partial charge >= 0.3 is 12.3 Å². The van der Waals surface area contributed by atoms with E-state index in [1.165, 1.54) is 0 Å². The molecule has 14 heavy (non-hydrogen) atoms. The first-order valence-corrected chi connectivity index (χ1v) is 4.76. The minimum absolute atomic E-state index is 0.438. The van der Waals surface area contributed by atoms with Crippen molar-refractivity contribution in [1.82, 2.24) is 0 Å². The minimum Gasteiger partial charge on any atom is -0.204 e. The standard InChI is InChI=1S/C9H7F4S/c10-8(11)9(12,13)6-14-7-4-2-1-3-5-7/h1-4,8H,6H2. The van der Waals surface area contributed by atoms with Crippen LogP contribution in [0.3, 0.4) is 0 Å². The highest BCUT2D eigenvalue weighted by Gasteiger charge is 2.40. The number of halogens is 4. The van der Waals surface area contributed by atoms with Crippen LogP contribution in [0.1, 0.15) is 0 Å². The number of benzene rings is 1. The van der Waals surface area contributed by atoms with Gasteiger partial charge in [0, 0.05) is 4.90 Å². The third-order valence-corrected chi connectivity index (χ3v) is 2.51. The highest BCUT2D eigenvalue weighted by atomic mass is 32.2. The van der Waals surface area contributed by atoms with E-state index in [0.29, 0.717) is 16.7 Å². The number of rotatable bonds is 4. The summed E-state index contributed by atoms with van der Waals surface area (Å²) < 4.78 is 48.4. The van der Waals surface area contributed by atoms with Crippen LogP contribution in [0.25, 0.3) is 0 Å². The van der Waals surface area contributed by atoms with Crippen molar-refractivity contribution >= 4 is 11.8 Å². The molecule has 5 heteroatoms. The molecule has 0 spiro atoms. The van der Waals surface area contributed by atoms with E-state index < -0.39 is 18.1 Å². The Kier molecular flexibility index (Phi) is 3.80. The highest BCUT2D eigenvalue weighted by molar-refractivity contribution is 7.99. The van der Waals surface area contributed by atoms with Crippen molar-refractivity contribution in [3.63, 3.8) is 0 Å². The van der Waals surface area contributed by atoms with Gasteiger partial charge in [0.05, 0.1) is 5.75 Å². The molecular weight excluding hydrogens is 216 g/mol. The van der Waals surface area contributed by atoms with E-state index in [0.717, 1.165) is 0 Å². The van der Waals surface area contributed by atoms with E-state index in [1.807, 2.05) is 0 Å². The van der Waals surface area contributed by atoms with Gasteiger partial charge in [0.15, 0.2) is 0 Å². The Morgan fingerprint density at radius 1 is 1.36 bits per heavy atom.